The SMILES string of the molecule is CC1(NC(=O)OC(C)(C)C)CC2CCC(C1)N2c1nc(C#N)c2c(-c3ccc4ccccc4c3)nn(COCC[Si](C)(C)C)c2n1. The smallest absolute Gasteiger partial charge is 0.408 e. The van der Waals surface area contributed by atoms with Crippen LogP contribution in [0.25, 0.3) is 33.1 Å². The molecule has 2 fully saturated rings. The predicted octanol–water partition coefficient (Wildman–Crippen LogP) is 7.25. The number of aromatic nitrogens is 4. The summed E-state index contributed by atoms with van der Waals surface area (Å²) in [5.41, 5.74) is 1.49. The second-order valence-electron chi connectivity index (χ2n) is 15.3. The van der Waals surface area contributed by atoms with Gasteiger partial charge in [-0.15, -0.1) is 0 Å². The molecule has 242 valence electrons. The Morgan fingerprint density at radius 2 is 1.78 bits per heavy atom. The van der Waals surface area contributed by atoms with Crippen LogP contribution in [0.1, 0.15) is 59.1 Å². The Hall–Kier alpha value is -4.01. The Labute approximate surface area is 272 Å². The maximum Gasteiger partial charge on any atom is 0.408 e. The molecule has 2 aliphatic rings. The highest BCUT2D eigenvalue weighted by Gasteiger charge is 2.48. The van der Waals surface area contributed by atoms with Gasteiger partial charge in [0.05, 0.1) is 5.39 Å². The lowest BCUT2D eigenvalue weighted by Crippen LogP contribution is -2.58. The summed E-state index contributed by atoms with van der Waals surface area (Å²) in [6, 6.07) is 18.1. The van der Waals surface area contributed by atoms with Gasteiger partial charge in [-0.3, -0.25) is 0 Å². The number of amides is 1. The number of rotatable bonds is 8. The summed E-state index contributed by atoms with van der Waals surface area (Å²) < 4.78 is 13.5. The zero-order valence-electron chi connectivity index (χ0n) is 28.1. The van der Waals surface area contributed by atoms with Crippen molar-refractivity contribution in [2.45, 2.75) is 109 Å². The molecule has 0 radical (unpaired) electrons. The minimum atomic E-state index is -1.28. The van der Waals surface area contributed by atoms with E-state index in [1.165, 1.54) is 0 Å². The summed E-state index contributed by atoms with van der Waals surface area (Å²) in [6.07, 6.45) is 2.98. The van der Waals surface area contributed by atoms with Crippen LogP contribution < -0.4 is 10.2 Å². The summed E-state index contributed by atoms with van der Waals surface area (Å²) in [5.74, 6) is 0.532. The van der Waals surface area contributed by atoms with E-state index in [-0.39, 0.29) is 18.8 Å². The zero-order valence-corrected chi connectivity index (χ0v) is 29.1. The van der Waals surface area contributed by atoms with Gasteiger partial charge in [0.25, 0.3) is 0 Å². The average molecular weight is 640 g/mol. The Morgan fingerprint density at radius 3 is 2.43 bits per heavy atom. The zero-order chi connectivity index (χ0) is 32.9. The highest BCUT2D eigenvalue weighted by molar-refractivity contribution is 6.76. The van der Waals surface area contributed by atoms with Crippen molar-refractivity contribution >= 4 is 41.9 Å². The summed E-state index contributed by atoms with van der Waals surface area (Å²) in [4.78, 5) is 25.0. The lowest BCUT2D eigenvalue weighted by Gasteiger charge is -2.45. The Kier molecular flexibility index (Phi) is 8.32. The molecule has 2 unspecified atom stereocenters. The lowest BCUT2D eigenvalue weighted by atomic mass is 9.84. The van der Waals surface area contributed by atoms with Gasteiger partial charge in [0, 0.05) is 37.9 Å². The number of fused-ring (bicyclic) bond motifs is 4. The molecule has 10 nitrogen and oxygen atoms in total. The molecule has 4 heterocycles. The number of anilines is 1. The molecule has 46 heavy (non-hydrogen) atoms. The third-order valence-corrected chi connectivity index (χ3v) is 10.6. The van der Waals surface area contributed by atoms with Crippen molar-refractivity contribution in [2.24, 2.45) is 0 Å². The molecule has 1 N–H and O–H groups in total. The molecular weight excluding hydrogens is 595 g/mol. The Bertz CT molecular complexity index is 1800. The van der Waals surface area contributed by atoms with Crippen molar-refractivity contribution in [2.75, 3.05) is 11.5 Å². The van der Waals surface area contributed by atoms with Gasteiger partial charge in [0.2, 0.25) is 5.95 Å². The lowest BCUT2D eigenvalue weighted by molar-refractivity contribution is 0.0437. The number of nitrogens with one attached hydrogen (secondary N) is 1. The maximum absolute atomic E-state index is 12.7. The van der Waals surface area contributed by atoms with Gasteiger partial charge >= 0.3 is 6.09 Å². The average Bonchev–Trinajstić information content (AvgIpc) is 3.48. The molecule has 2 atom stereocenters. The fourth-order valence-electron chi connectivity index (χ4n) is 6.88. The highest BCUT2D eigenvalue weighted by atomic mass is 28.3. The van der Waals surface area contributed by atoms with E-state index in [1.54, 1.807) is 4.68 Å². The highest BCUT2D eigenvalue weighted by Crippen LogP contribution is 2.43. The largest absolute Gasteiger partial charge is 0.444 e. The molecule has 2 bridgehead atoms. The number of hydrogen-bond acceptors (Lipinski definition) is 8. The topological polar surface area (TPSA) is 118 Å². The molecule has 2 aliphatic heterocycles. The molecule has 4 aromatic rings. The van der Waals surface area contributed by atoms with Crippen LogP contribution in [0.2, 0.25) is 25.7 Å². The molecule has 2 saturated heterocycles. The van der Waals surface area contributed by atoms with Crippen LogP contribution in [-0.2, 0) is 16.2 Å². The van der Waals surface area contributed by atoms with Crippen LogP contribution in [0, 0.1) is 11.3 Å². The quantitative estimate of drug-likeness (QED) is 0.158. The van der Waals surface area contributed by atoms with E-state index in [2.05, 4.69) is 67.1 Å². The van der Waals surface area contributed by atoms with Crippen LogP contribution in [0.15, 0.2) is 42.5 Å². The predicted molar refractivity (Wildman–Crippen MR) is 183 cm³/mol. The van der Waals surface area contributed by atoms with Gasteiger partial charge in [0.15, 0.2) is 11.3 Å². The number of hydrogen-bond donors (Lipinski definition) is 1. The van der Waals surface area contributed by atoms with Gasteiger partial charge < -0.3 is 19.7 Å². The fourth-order valence-corrected chi connectivity index (χ4v) is 7.64. The van der Waals surface area contributed by atoms with E-state index in [0.717, 1.165) is 48.1 Å². The maximum atomic E-state index is 12.7. The van der Waals surface area contributed by atoms with Crippen LogP contribution in [0.4, 0.5) is 10.7 Å². The van der Waals surface area contributed by atoms with Gasteiger partial charge in [-0.1, -0.05) is 56.0 Å². The van der Waals surface area contributed by atoms with Gasteiger partial charge in [-0.05, 0) is 76.3 Å². The van der Waals surface area contributed by atoms with E-state index < -0.39 is 25.3 Å². The number of alkyl carbamates (subject to hydrolysis) is 1. The van der Waals surface area contributed by atoms with Gasteiger partial charge in [-0.2, -0.15) is 15.3 Å². The van der Waals surface area contributed by atoms with Crippen molar-refractivity contribution in [3.63, 3.8) is 0 Å². The third-order valence-electron chi connectivity index (χ3n) is 8.94. The van der Waals surface area contributed by atoms with Crippen molar-refractivity contribution in [1.29, 1.82) is 5.26 Å². The summed E-state index contributed by atoms with van der Waals surface area (Å²) in [6.45, 7) is 15.6. The second-order valence-corrected chi connectivity index (χ2v) is 21.0. The molecular formula is C35H45N7O3Si. The molecule has 0 aliphatic carbocycles. The summed E-state index contributed by atoms with van der Waals surface area (Å²) in [7, 11) is -1.28. The van der Waals surface area contributed by atoms with Gasteiger partial charge in [0.1, 0.15) is 24.1 Å². The fraction of sp³-hybridized carbons (Fsp3) is 0.514. The van der Waals surface area contributed by atoms with Crippen LogP contribution >= 0.6 is 0 Å². The first-order valence-electron chi connectivity index (χ1n) is 16.3. The number of piperidine rings is 1. The molecule has 2 aromatic heterocycles. The number of nitriles is 1. The minimum absolute atomic E-state index is 0.118. The van der Waals surface area contributed by atoms with Crippen LogP contribution in [-0.4, -0.2) is 63.7 Å². The number of ether oxygens (including phenoxy) is 2. The summed E-state index contributed by atoms with van der Waals surface area (Å²) in [5, 5.41) is 21.5. The first-order valence-corrected chi connectivity index (χ1v) is 20.0. The van der Waals surface area contributed by atoms with Crippen molar-refractivity contribution in [1.82, 2.24) is 25.1 Å². The Morgan fingerprint density at radius 1 is 1.09 bits per heavy atom. The second kappa shape index (κ2) is 12.0. The van der Waals surface area contributed by atoms with Crippen molar-refractivity contribution in [3.05, 3.63) is 48.2 Å². The normalized spacial score (nSPS) is 21.5. The number of carbonyl (C=O) groups is 1. The van der Waals surface area contributed by atoms with E-state index in [1.807, 2.05) is 39.0 Å². The molecule has 2 aromatic carbocycles. The molecule has 0 saturated carbocycles. The molecule has 6 rings (SSSR count). The molecule has 0 spiro atoms. The Balaban J connectivity index is 1.36. The van der Waals surface area contributed by atoms with Crippen molar-refractivity contribution < 1.29 is 14.3 Å². The number of benzene rings is 2. The van der Waals surface area contributed by atoms with Crippen LogP contribution in [0.5, 0.6) is 0 Å². The monoisotopic (exact) mass is 639 g/mol. The summed E-state index contributed by atoms with van der Waals surface area (Å²) >= 11 is 0. The number of carbonyl (C=O) groups excluding carboxylic acids is 1. The van der Waals surface area contributed by atoms with Gasteiger partial charge in [-0.25, -0.2) is 14.5 Å². The first kappa shape index (κ1) is 31.9. The number of nitrogens with zero attached hydrogens (tertiary/aromatic N) is 6. The minimum Gasteiger partial charge on any atom is -0.444 e. The van der Waals surface area contributed by atoms with E-state index in [9.17, 15) is 10.1 Å². The third kappa shape index (κ3) is 6.74. The van der Waals surface area contributed by atoms with E-state index in [0.29, 0.717) is 35.0 Å². The first-order chi connectivity index (χ1) is 21.7. The van der Waals surface area contributed by atoms with E-state index in [4.69, 9.17) is 24.5 Å². The molecule has 11 heteroatoms. The standard InChI is InChI=1S/C35H45N7O3Si/c1-34(2,3)45-33(43)39-35(4)19-26-14-15-27(20-35)42(26)32-37-28(21-36)29-30(25-13-12-23-10-8-9-11-24(23)18-25)40-41(31(29)38-32)22-44-16-17-46(5,6)7/h8-13,18,26-27H,14-17,19-20,22H2,1-7H3,(H,39,43). The van der Waals surface area contributed by atoms with Crippen molar-refractivity contribution in [3.8, 4) is 17.3 Å². The molecule has 1 amide bonds. The van der Waals surface area contributed by atoms with Crippen LogP contribution in [0.3, 0.4) is 0 Å². The van der Waals surface area contributed by atoms with E-state index >= 15 is 0 Å².